The number of non-ortho nitro benzene ring substituents is 1. The molecule has 296 valence electrons. The third-order valence-corrected chi connectivity index (χ3v) is 10.0. The maximum Gasteiger partial charge on any atom is 0.320 e. The lowest BCUT2D eigenvalue weighted by molar-refractivity contribution is -0.384. The minimum Gasteiger partial charge on any atom is -0.459 e. The number of hydrogen-bond acceptors (Lipinski definition) is 14. The van der Waals surface area contributed by atoms with Gasteiger partial charge in [-0.25, -0.2) is 0 Å². The van der Waals surface area contributed by atoms with E-state index < -0.39 is 29.1 Å². The molecule has 1 aliphatic rings. The van der Waals surface area contributed by atoms with E-state index in [9.17, 15) is 29.1 Å². The molecule has 0 radical (unpaired) electrons. The Morgan fingerprint density at radius 1 is 0.654 bits per heavy atom. The highest BCUT2D eigenvalue weighted by Crippen LogP contribution is 2.50. The quantitative estimate of drug-likeness (QED) is 0.0902. The Balaban J connectivity index is 2.42. The molecule has 0 N–H and O–H groups in total. The highest BCUT2D eigenvalue weighted by atomic mass is 31.2. The van der Waals surface area contributed by atoms with Crippen molar-refractivity contribution in [2.24, 2.45) is 0 Å². The van der Waals surface area contributed by atoms with Crippen LogP contribution in [0.25, 0.3) is 0 Å². The summed E-state index contributed by atoms with van der Waals surface area (Å²) in [5.74, 6) is -1.14. The van der Waals surface area contributed by atoms with E-state index >= 15 is 0 Å². The molecule has 0 spiro atoms. The Labute approximate surface area is 309 Å². The molecule has 1 fully saturated rings. The Morgan fingerprint density at radius 3 is 1.27 bits per heavy atom. The zero-order valence-corrected chi connectivity index (χ0v) is 33.9. The van der Waals surface area contributed by atoms with Gasteiger partial charge in [-0.3, -0.25) is 48.7 Å². The normalized spacial score (nSPS) is 18.0. The number of nitro groups is 1. The average Bonchev–Trinajstić information content (AvgIpc) is 2.95. The van der Waals surface area contributed by atoms with Crippen molar-refractivity contribution in [1.29, 1.82) is 0 Å². The zero-order valence-electron chi connectivity index (χ0n) is 33.0. The lowest BCUT2D eigenvalue weighted by Gasteiger charge is -2.35. The molecule has 52 heavy (non-hydrogen) atoms. The summed E-state index contributed by atoms with van der Waals surface area (Å²) in [6.45, 7) is 21.7. The van der Waals surface area contributed by atoms with Crippen molar-refractivity contribution in [3.63, 3.8) is 0 Å². The molecule has 0 aromatic heterocycles. The molecule has 0 saturated carbocycles. The van der Waals surface area contributed by atoms with Crippen LogP contribution in [0.1, 0.15) is 74.8 Å². The van der Waals surface area contributed by atoms with E-state index in [2.05, 4.69) is 0 Å². The van der Waals surface area contributed by atoms with Gasteiger partial charge in [0.2, 0.25) is 7.37 Å². The van der Waals surface area contributed by atoms with Crippen molar-refractivity contribution < 1.29 is 42.6 Å². The number of hydrogen-bond donors (Lipinski definition) is 0. The number of benzene rings is 1. The highest BCUT2D eigenvalue weighted by molar-refractivity contribution is 7.58. The Bertz CT molecular complexity index is 1330. The molecule has 1 saturated heterocycles. The molecule has 0 aliphatic carbocycles. The first kappa shape index (κ1) is 45.2. The van der Waals surface area contributed by atoms with Crippen LogP contribution < -0.4 is 0 Å². The average molecular weight is 756 g/mol. The van der Waals surface area contributed by atoms with E-state index in [1.165, 1.54) is 12.1 Å². The fraction of sp³-hybridized carbons (Fsp3) is 0.750. The summed E-state index contributed by atoms with van der Waals surface area (Å²) in [7, 11) is -3.34. The predicted octanol–water partition coefficient (Wildman–Crippen LogP) is 4.61. The summed E-state index contributed by atoms with van der Waals surface area (Å²) in [5, 5.41) is 11.2. The van der Waals surface area contributed by atoms with Crippen LogP contribution in [0, 0.1) is 10.1 Å². The van der Waals surface area contributed by atoms with Crippen LogP contribution in [0.15, 0.2) is 24.3 Å². The third-order valence-electron chi connectivity index (χ3n) is 7.60. The fourth-order valence-corrected chi connectivity index (χ4v) is 7.94. The molecule has 2 rings (SSSR count). The first-order valence-corrected chi connectivity index (χ1v) is 19.9. The van der Waals surface area contributed by atoms with E-state index in [-0.39, 0.29) is 62.3 Å². The summed E-state index contributed by atoms with van der Waals surface area (Å²) in [6.07, 6.45) is 0.168. The monoisotopic (exact) mass is 755 g/mol. The molecule has 16 heteroatoms. The first-order valence-electron chi connectivity index (χ1n) is 17.9. The molecule has 1 atom stereocenters. The SMILES string of the molecule is CCOP(=O)(Cc1ccc([N+](=O)[O-])cc1)CN1CCN(CC(=O)OC(C)(C)C)CCN(CC(=O)OC(C)(C)C)CCN(CC(=O)OC(C)(C)C)CC1. The van der Waals surface area contributed by atoms with Crippen molar-refractivity contribution in [3.05, 3.63) is 39.9 Å². The van der Waals surface area contributed by atoms with Crippen molar-refractivity contribution in [3.8, 4) is 0 Å². The molecule has 15 nitrogen and oxygen atoms in total. The second-order valence-electron chi connectivity index (χ2n) is 16.2. The number of nitrogens with zero attached hydrogens (tertiary/aromatic N) is 5. The summed E-state index contributed by atoms with van der Waals surface area (Å²) >= 11 is 0. The lowest BCUT2D eigenvalue weighted by Crippen LogP contribution is -2.49. The Morgan fingerprint density at radius 2 is 0.981 bits per heavy atom. The lowest BCUT2D eigenvalue weighted by atomic mass is 10.2. The van der Waals surface area contributed by atoms with Gasteiger partial charge in [0.15, 0.2) is 0 Å². The van der Waals surface area contributed by atoms with Crippen LogP contribution in [0.4, 0.5) is 5.69 Å². The topological polar surface area (TPSA) is 161 Å². The predicted molar refractivity (Wildman–Crippen MR) is 199 cm³/mol. The molecule has 1 aliphatic heterocycles. The number of nitro benzene ring substituents is 1. The smallest absolute Gasteiger partial charge is 0.320 e. The molecule has 0 amide bonds. The van der Waals surface area contributed by atoms with E-state index in [0.717, 1.165) is 0 Å². The summed E-state index contributed by atoms with van der Waals surface area (Å²) in [5.41, 5.74) is -1.40. The molecule has 1 aromatic carbocycles. The van der Waals surface area contributed by atoms with Gasteiger partial charge in [-0.05, 0) is 74.8 Å². The van der Waals surface area contributed by atoms with Crippen LogP contribution in [0.2, 0.25) is 0 Å². The number of rotatable bonds is 13. The summed E-state index contributed by atoms with van der Waals surface area (Å²) in [4.78, 5) is 57.6. The molecular weight excluding hydrogens is 693 g/mol. The Kier molecular flexibility index (Phi) is 17.3. The van der Waals surface area contributed by atoms with Gasteiger partial charge in [-0.2, -0.15) is 0 Å². The van der Waals surface area contributed by atoms with Crippen molar-refractivity contribution in [1.82, 2.24) is 19.6 Å². The molecule has 1 aromatic rings. The van der Waals surface area contributed by atoms with E-state index in [0.29, 0.717) is 57.9 Å². The van der Waals surface area contributed by atoms with Crippen LogP contribution in [0.5, 0.6) is 0 Å². The minimum atomic E-state index is -3.34. The van der Waals surface area contributed by atoms with Gasteiger partial charge in [0.1, 0.15) is 16.8 Å². The standard InChI is InChI=1S/C36H62N5O10P/c1-11-48-52(47,27-29-12-14-30(15-13-29)41(45)46)28-40-22-20-38(25-32(43)50-35(5,6)7)18-16-37(24-31(42)49-34(2,3)4)17-19-39(21-23-40)26-33(44)51-36(8,9)10/h12-15H,11,16-28H2,1-10H3. The van der Waals surface area contributed by atoms with E-state index in [1.54, 1.807) is 19.1 Å². The summed E-state index contributed by atoms with van der Waals surface area (Å²) < 4.78 is 37.2. The number of carbonyl (C=O) groups is 3. The van der Waals surface area contributed by atoms with Crippen LogP contribution in [-0.2, 0) is 43.8 Å². The van der Waals surface area contributed by atoms with Crippen LogP contribution >= 0.6 is 7.37 Å². The zero-order chi connectivity index (χ0) is 39.3. The van der Waals surface area contributed by atoms with E-state index in [1.807, 2.05) is 81.9 Å². The van der Waals surface area contributed by atoms with Gasteiger partial charge in [0, 0.05) is 64.5 Å². The molecule has 0 bridgehead atoms. The molecular formula is C36H62N5O10P. The fourth-order valence-electron chi connectivity index (χ4n) is 5.54. The first-order chi connectivity index (χ1) is 23.9. The second kappa shape index (κ2) is 19.9. The molecule has 1 heterocycles. The van der Waals surface area contributed by atoms with Gasteiger partial charge >= 0.3 is 17.9 Å². The van der Waals surface area contributed by atoms with Crippen LogP contribution in [-0.4, -0.2) is 144 Å². The maximum absolute atomic E-state index is 14.4. The number of carbonyl (C=O) groups excluding carboxylic acids is 3. The summed E-state index contributed by atoms with van der Waals surface area (Å²) in [6, 6.07) is 5.96. The van der Waals surface area contributed by atoms with Gasteiger partial charge in [-0.1, -0.05) is 12.1 Å². The van der Waals surface area contributed by atoms with Gasteiger partial charge in [0.25, 0.3) is 5.69 Å². The molecule has 1 unspecified atom stereocenters. The van der Waals surface area contributed by atoms with Crippen molar-refractivity contribution >= 4 is 31.0 Å². The number of ether oxygens (including phenoxy) is 3. The van der Waals surface area contributed by atoms with Gasteiger partial charge < -0.3 is 18.7 Å². The van der Waals surface area contributed by atoms with Gasteiger partial charge in [-0.15, -0.1) is 0 Å². The minimum absolute atomic E-state index is 0.0159. The third kappa shape index (κ3) is 19.2. The van der Waals surface area contributed by atoms with Crippen molar-refractivity contribution in [2.75, 3.05) is 84.9 Å². The van der Waals surface area contributed by atoms with Crippen molar-refractivity contribution in [2.45, 2.75) is 92.2 Å². The number of esters is 3. The van der Waals surface area contributed by atoms with Crippen LogP contribution in [0.3, 0.4) is 0 Å². The maximum atomic E-state index is 14.4. The highest BCUT2D eigenvalue weighted by Gasteiger charge is 2.30. The van der Waals surface area contributed by atoms with Gasteiger partial charge in [0.05, 0.1) is 43.6 Å². The Hall–Kier alpha value is -2.94. The largest absolute Gasteiger partial charge is 0.459 e. The second-order valence-corrected chi connectivity index (χ2v) is 18.6. The van der Waals surface area contributed by atoms with E-state index in [4.69, 9.17) is 18.7 Å².